The molecule has 4 nitrogen and oxygen atoms in total. The van der Waals surface area contributed by atoms with Crippen LogP contribution in [0.3, 0.4) is 0 Å². The van der Waals surface area contributed by atoms with Crippen LogP contribution in [-0.2, 0) is 4.74 Å². The summed E-state index contributed by atoms with van der Waals surface area (Å²) in [5.41, 5.74) is 5.56. The Balaban J connectivity index is 1.67. The third-order valence-electron chi connectivity index (χ3n) is 6.27. The molecular formula is C28H26Cl2N2O2. The van der Waals surface area contributed by atoms with Gasteiger partial charge in [0.15, 0.2) is 0 Å². The van der Waals surface area contributed by atoms with Crippen LogP contribution in [0.1, 0.15) is 47.8 Å². The van der Waals surface area contributed by atoms with E-state index in [1.807, 2.05) is 61.2 Å². The summed E-state index contributed by atoms with van der Waals surface area (Å²) in [7, 11) is 0. The summed E-state index contributed by atoms with van der Waals surface area (Å²) in [6.07, 6.45) is 0.919. The molecule has 0 saturated carbocycles. The smallest absolute Gasteiger partial charge is 0.255 e. The summed E-state index contributed by atoms with van der Waals surface area (Å²) < 4.78 is 5.76. The first-order chi connectivity index (χ1) is 16.5. The van der Waals surface area contributed by atoms with E-state index in [2.05, 4.69) is 23.2 Å². The fourth-order valence-electron chi connectivity index (χ4n) is 4.82. The van der Waals surface area contributed by atoms with Crippen molar-refractivity contribution in [1.82, 2.24) is 9.88 Å². The molecule has 6 heteroatoms. The van der Waals surface area contributed by atoms with Gasteiger partial charge in [-0.25, -0.2) is 0 Å². The monoisotopic (exact) mass is 492 g/mol. The van der Waals surface area contributed by atoms with E-state index in [1.165, 1.54) is 0 Å². The largest absolute Gasteiger partial charge is 0.379 e. The zero-order valence-electron chi connectivity index (χ0n) is 19.1. The Hall–Kier alpha value is -2.79. The second kappa shape index (κ2) is 9.46. The third-order valence-corrected chi connectivity index (χ3v) is 6.82. The van der Waals surface area contributed by atoms with Gasteiger partial charge >= 0.3 is 0 Å². The van der Waals surface area contributed by atoms with Crippen molar-refractivity contribution in [2.24, 2.45) is 0 Å². The number of carbonyl (C=O) groups excluding carboxylic acids is 1. The lowest BCUT2D eigenvalue weighted by molar-refractivity contribution is 0.0605. The summed E-state index contributed by atoms with van der Waals surface area (Å²) in [6, 6.07) is 21.4. The van der Waals surface area contributed by atoms with Gasteiger partial charge in [-0.3, -0.25) is 4.79 Å². The van der Waals surface area contributed by atoms with Crippen LogP contribution >= 0.6 is 23.2 Å². The van der Waals surface area contributed by atoms with E-state index < -0.39 is 0 Å². The number of benzene rings is 3. The first kappa shape index (κ1) is 23.0. The highest BCUT2D eigenvalue weighted by Crippen LogP contribution is 2.46. The van der Waals surface area contributed by atoms with Gasteiger partial charge in [0.1, 0.15) is 0 Å². The first-order valence-electron chi connectivity index (χ1n) is 11.5. The number of rotatable bonds is 7. The molecule has 1 aliphatic rings. The molecule has 3 aromatic carbocycles. The Morgan fingerprint density at radius 2 is 1.76 bits per heavy atom. The van der Waals surface area contributed by atoms with Crippen LogP contribution < -0.4 is 0 Å². The molecule has 5 rings (SSSR count). The number of hydrogen-bond acceptors (Lipinski definition) is 2. The molecule has 1 atom stereocenters. The summed E-state index contributed by atoms with van der Waals surface area (Å²) >= 11 is 12.9. The van der Waals surface area contributed by atoms with Gasteiger partial charge in [-0.15, -0.1) is 0 Å². The van der Waals surface area contributed by atoms with Crippen LogP contribution in [0, 0.1) is 0 Å². The average Bonchev–Trinajstić information content (AvgIpc) is 3.32. The molecule has 0 fully saturated rings. The Morgan fingerprint density at radius 3 is 2.56 bits per heavy atom. The maximum Gasteiger partial charge on any atom is 0.255 e. The maximum absolute atomic E-state index is 13.6. The Labute approximate surface area is 209 Å². The minimum Gasteiger partial charge on any atom is -0.379 e. The van der Waals surface area contributed by atoms with Crippen molar-refractivity contribution in [3.63, 3.8) is 0 Å². The zero-order valence-corrected chi connectivity index (χ0v) is 20.7. The van der Waals surface area contributed by atoms with E-state index in [-0.39, 0.29) is 18.1 Å². The maximum atomic E-state index is 13.6. The number of carbonyl (C=O) groups is 1. The molecule has 1 amide bonds. The van der Waals surface area contributed by atoms with Crippen LogP contribution in [-0.4, -0.2) is 35.0 Å². The number of H-pyrrole nitrogens is 1. The second-order valence-electron chi connectivity index (χ2n) is 8.84. The van der Waals surface area contributed by atoms with Crippen LogP contribution in [0.2, 0.25) is 10.0 Å². The van der Waals surface area contributed by atoms with E-state index in [9.17, 15) is 4.79 Å². The molecule has 0 saturated heterocycles. The van der Waals surface area contributed by atoms with Gasteiger partial charge in [0.25, 0.3) is 5.91 Å². The molecular weight excluding hydrogens is 467 g/mol. The van der Waals surface area contributed by atoms with Crippen molar-refractivity contribution >= 4 is 40.0 Å². The molecule has 0 unspecified atom stereocenters. The SMILES string of the molecule is CC(C)OCCCN1C(=O)c2ccccc2[C@H]1c1c(-c2ccc(Cl)cc2Cl)[nH]c2ccccc12. The van der Waals surface area contributed by atoms with Crippen molar-refractivity contribution in [2.75, 3.05) is 13.2 Å². The number of fused-ring (bicyclic) bond motifs is 2. The molecule has 0 spiro atoms. The average molecular weight is 493 g/mol. The standard InChI is InChI=1S/C28H26Cl2N2O2/c1-17(2)34-15-7-14-32-27(19-8-3-4-9-20(19)28(32)33)25-22-10-5-6-11-24(22)31-26(25)21-13-12-18(29)16-23(21)30/h3-6,8-13,16-17,27,31H,7,14-15H2,1-2H3/t27-/m0/s1. The number of ether oxygens (including phenoxy) is 1. The topological polar surface area (TPSA) is 45.3 Å². The van der Waals surface area contributed by atoms with Gasteiger partial charge in [0.05, 0.1) is 22.9 Å². The van der Waals surface area contributed by atoms with Gasteiger partial charge in [0.2, 0.25) is 0 Å². The van der Waals surface area contributed by atoms with Crippen molar-refractivity contribution < 1.29 is 9.53 Å². The molecule has 1 aliphatic heterocycles. The van der Waals surface area contributed by atoms with E-state index in [4.69, 9.17) is 27.9 Å². The second-order valence-corrected chi connectivity index (χ2v) is 9.69. The highest BCUT2D eigenvalue weighted by molar-refractivity contribution is 6.36. The van der Waals surface area contributed by atoms with Gasteiger partial charge in [-0.1, -0.05) is 59.6 Å². The number of para-hydroxylation sites is 1. The fraction of sp³-hybridized carbons (Fsp3) is 0.250. The Bertz CT molecular complexity index is 1360. The number of nitrogens with zero attached hydrogens (tertiary/aromatic N) is 1. The van der Waals surface area contributed by atoms with E-state index >= 15 is 0 Å². The molecule has 2 heterocycles. The normalized spacial score (nSPS) is 15.5. The number of nitrogens with one attached hydrogen (secondary N) is 1. The quantitative estimate of drug-likeness (QED) is 0.271. The van der Waals surface area contributed by atoms with Gasteiger partial charge in [-0.05, 0) is 56.2 Å². The van der Waals surface area contributed by atoms with Gasteiger partial charge in [-0.2, -0.15) is 0 Å². The number of aromatic amines is 1. The zero-order chi connectivity index (χ0) is 23.8. The number of amides is 1. The molecule has 0 aliphatic carbocycles. The predicted molar refractivity (Wildman–Crippen MR) is 139 cm³/mol. The minimum atomic E-state index is -0.236. The fourth-order valence-corrected chi connectivity index (χ4v) is 5.32. The lowest BCUT2D eigenvalue weighted by atomic mass is 9.93. The van der Waals surface area contributed by atoms with Crippen molar-refractivity contribution in [3.8, 4) is 11.3 Å². The van der Waals surface area contributed by atoms with Crippen LogP contribution in [0.25, 0.3) is 22.2 Å². The van der Waals surface area contributed by atoms with Gasteiger partial charge in [0, 0.05) is 45.8 Å². The minimum absolute atomic E-state index is 0.0450. The molecule has 34 heavy (non-hydrogen) atoms. The van der Waals surface area contributed by atoms with E-state index in [0.717, 1.165) is 45.3 Å². The lowest BCUT2D eigenvalue weighted by Gasteiger charge is -2.27. The molecule has 0 bridgehead atoms. The van der Waals surface area contributed by atoms with Crippen LogP contribution in [0.4, 0.5) is 0 Å². The Kier molecular flexibility index (Phi) is 6.39. The van der Waals surface area contributed by atoms with Crippen molar-refractivity contribution in [3.05, 3.63) is 93.5 Å². The summed E-state index contributed by atoms with van der Waals surface area (Å²) in [6.45, 7) is 5.24. The van der Waals surface area contributed by atoms with Crippen molar-refractivity contribution in [1.29, 1.82) is 0 Å². The Morgan fingerprint density at radius 1 is 1.00 bits per heavy atom. The summed E-state index contributed by atoms with van der Waals surface area (Å²) in [5.74, 6) is 0.0450. The van der Waals surface area contributed by atoms with Crippen LogP contribution in [0.5, 0.6) is 0 Å². The third kappa shape index (κ3) is 4.11. The van der Waals surface area contributed by atoms with E-state index in [1.54, 1.807) is 6.07 Å². The lowest BCUT2D eigenvalue weighted by Crippen LogP contribution is -2.30. The summed E-state index contributed by atoms with van der Waals surface area (Å²) in [4.78, 5) is 19.1. The molecule has 4 aromatic rings. The van der Waals surface area contributed by atoms with Gasteiger partial charge < -0.3 is 14.6 Å². The molecule has 0 radical (unpaired) electrons. The number of hydrogen-bond donors (Lipinski definition) is 1. The summed E-state index contributed by atoms with van der Waals surface area (Å²) in [5, 5.41) is 2.22. The molecule has 174 valence electrons. The molecule has 1 N–H and O–H groups in total. The molecule has 1 aromatic heterocycles. The highest BCUT2D eigenvalue weighted by atomic mass is 35.5. The first-order valence-corrected chi connectivity index (χ1v) is 12.3. The van der Waals surface area contributed by atoms with E-state index in [0.29, 0.717) is 23.2 Å². The number of aromatic nitrogens is 1. The van der Waals surface area contributed by atoms with Crippen LogP contribution in [0.15, 0.2) is 66.7 Å². The van der Waals surface area contributed by atoms with Crippen molar-refractivity contribution in [2.45, 2.75) is 32.4 Å². The highest BCUT2D eigenvalue weighted by Gasteiger charge is 2.39. The number of halogens is 2. The predicted octanol–water partition coefficient (Wildman–Crippen LogP) is 7.50.